The highest BCUT2D eigenvalue weighted by Crippen LogP contribution is 2.33. The molecule has 1 N–H and O–H groups in total. The van der Waals surface area contributed by atoms with Gasteiger partial charge in [-0.2, -0.15) is 5.21 Å². The van der Waals surface area contributed by atoms with Crippen molar-refractivity contribution in [2.75, 3.05) is 20.8 Å². The van der Waals surface area contributed by atoms with Crippen LogP contribution in [-0.4, -0.2) is 66.1 Å². The first-order valence-electron chi connectivity index (χ1n) is 13.1. The molecule has 5 rings (SSSR count). The fourth-order valence-corrected chi connectivity index (χ4v) is 4.91. The minimum absolute atomic E-state index is 0.0828. The van der Waals surface area contributed by atoms with Gasteiger partial charge >= 0.3 is 11.7 Å². The number of carbonyl (C=O) groups is 1. The molecule has 0 bridgehead atoms. The number of nitrogens with zero attached hydrogens (tertiary/aromatic N) is 7. The molecule has 13 heteroatoms. The van der Waals surface area contributed by atoms with Crippen LogP contribution in [0.5, 0.6) is 0 Å². The fraction of sp³-hybridized carbons (Fsp3) is 0.321. The molecule has 41 heavy (non-hydrogen) atoms. The largest absolute Gasteiger partial charge is 0.468 e. The van der Waals surface area contributed by atoms with E-state index < -0.39 is 23.8 Å². The molecule has 0 spiro atoms. The molecule has 0 atom stereocenters. The van der Waals surface area contributed by atoms with Crippen LogP contribution < -0.4 is 11.2 Å². The number of aromatic amines is 1. The number of aromatic nitrogens is 8. The Labute approximate surface area is 234 Å². The molecule has 212 valence electrons. The number of imidazole rings is 1. The first-order chi connectivity index (χ1) is 19.8. The van der Waals surface area contributed by atoms with Crippen LogP contribution in [0.15, 0.2) is 58.1 Å². The highest BCUT2D eigenvalue weighted by molar-refractivity contribution is 5.82. The monoisotopic (exact) mass is 558 g/mol. The summed E-state index contributed by atoms with van der Waals surface area (Å²) < 4.78 is 14.1. The number of hydrogen-bond donors (Lipinski definition) is 1. The van der Waals surface area contributed by atoms with Gasteiger partial charge in [0.05, 0.1) is 26.8 Å². The first-order valence-corrected chi connectivity index (χ1v) is 13.1. The number of ether oxygens (including phenoxy) is 2. The maximum absolute atomic E-state index is 13.9. The average molecular weight is 559 g/mol. The summed E-state index contributed by atoms with van der Waals surface area (Å²) in [5, 5.41) is 14.5. The normalized spacial score (nSPS) is 11.4. The third-order valence-corrected chi connectivity index (χ3v) is 6.84. The number of hydrogen-bond acceptors (Lipinski definition) is 9. The number of H-pyrrole nitrogens is 1. The van der Waals surface area contributed by atoms with Crippen molar-refractivity contribution in [2.45, 2.75) is 39.4 Å². The molecule has 0 fully saturated rings. The SMILES string of the molecule is COCCn1c(=O)n(CC(=O)OC)c(=O)c2c1nc(C(C)C)n2Cc1ccccc1-c1ccccc1-c1nn[nH]n1. The van der Waals surface area contributed by atoms with E-state index >= 15 is 0 Å². The van der Waals surface area contributed by atoms with Gasteiger partial charge in [0, 0.05) is 18.6 Å². The highest BCUT2D eigenvalue weighted by atomic mass is 16.5. The Morgan fingerprint density at radius 3 is 2.32 bits per heavy atom. The number of esters is 1. The second-order valence-corrected chi connectivity index (χ2v) is 9.72. The predicted molar refractivity (Wildman–Crippen MR) is 150 cm³/mol. The summed E-state index contributed by atoms with van der Waals surface area (Å²) >= 11 is 0. The molecular formula is C28H30N8O5. The van der Waals surface area contributed by atoms with E-state index in [1.807, 2.05) is 66.9 Å². The van der Waals surface area contributed by atoms with Gasteiger partial charge in [0.2, 0.25) is 5.82 Å². The Morgan fingerprint density at radius 2 is 1.66 bits per heavy atom. The van der Waals surface area contributed by atoms with Gasteiger partial charge in [-0.3, -0.25) is 14.2 Å². The topological polar surface area (TPSA) is 152 Å². The van der Waals surface area contributed by atoms with Crippen molar-refractivity contribution in [3.8, 4) is 22.5 Å². The van der Waals surface area contributed by atoms with Crippen LogP contribution in [0.25, 0.3) is 33.7 Å². The molecule has 13 nitrogen and oxygen atoms in total. The van der Waals surface area contributed by atoms with Crippen LogP contribution in [0.3, 0.4) is 0 Å². The molecule has 0 aliphatic heterocycles. The van der Waals surface area contributed by atoms with Gasteiger partial charge in [0.1, 0.15) is 12.4 Å². The molecule has 3 aromatic heterocycles. The molecule has 0 saturated heterocycles. The number of nitrogens with one attached hydrogen (secondary N) is 1. The van der Waals surface area contributed by atoms with Crippen LogP contribution >= 0.6 is 0 Å². The van der Waals surface area contributed by atoms with E-state index in [0.717, 1.165) is 26.8 Å². The predicted octanol–water partition coefficient (Wildman–Crippen LogP) is 2.20. The zero-order valence-electron chi connectivity index (χ0n) is 23.2. The summed E-state index contributed by atoms with van der Waals surface area (Å²) in [6.07, 6.45) is 0. The average Bonchev–Trinajstić information content (AvgIpc) is 3.65. The van der Waals surface area contributed by atoms with Crippen molar-refractivity contribution in [1.82, 2.24) is 39.3 Å². The number of rotatable bonds is 10. The van der Waals surface area contributed by atoms with Gasteiger partial charge in [-0.1, -0.05) is 62.4 Å². The molecule has 0 radical (unpaired) electrons. The van der Waals surface area contributed by atoms with Gasteiger partial charge in [0.15, 0.2) is 11.2 Å². The molecule has 0 saturated carbocycles. The van der Waals surface area contributed by atoms with E-state index in [-0.39, 0.29) is 36.8 Å². The Morgan fingerprint density at radius 1 is 0.951 bits per heavy atom. The van der Waals surface area contributed by atoms with Crippen molar-refractivity contribution in [3.63, 3.8) is 0 Å². The van der Waals surface area contributed by atoms with Gasteiger partial charge < -0.3 is 14.0 Å². The van der Waals surface area contributed by atoms with E-state index in [0.29, 0.717) is 11.6 Å². The number of methoxy groups -OCH3 is 2. The molecule has 0 aliphatic carbocycles. The number of carbonyl (C=O) groups excluding carboxylic acids is 1. The minimum Gasteiger partial charge on any atom is -0.468 e. The first kappa shape index (κ1) is 27.6. The van der Waals surface area contributed by atoms with Crippen molar-refractivity contribution >= 4 is 17.1 Å². The number of benzene rings is 2. The third-order valence-electron chi connectivity index (χ3n) is 6.84. The fourth-order valence-electron chi connectivity index (χ4n) is 4.91. The van der Waals surface area contributed by atoms with Gasteiger partial charge in [0.25, 0.3) is 5.56 Å². The molecule has 2 aromatic carbocycles. The standard InChI is InChI=1S/C28H30N8O5/c1-17(2)25-29-26-23(27(38)36(16-22(37)41-4)28(39)34(26)13-14-40-3)35(25)15-18-9-5-6-10-19(18)20-11-7-8-12-21(20)24-30-32-33-31-24/h5-12,17H,13-16H2,1-4H3,(H,30,31,32,33). The van der Waals surface area contributed by atoms with E-state index in [2.05, 4.69) is 20.6 Å². The Hall–Kier alpha value is -4.91. The molecule has 5 aromatic rings. The number of tetrazole rings is 1. The van der Waals surface area contributed by atoms with Gasteiger partial charge in [-0.15, -0.1) is 10.2 Å². The molecule has 0 unspecified atom stereocenters. The van der Waals surface area contributed by atoms with Crippen LogP contribution in [-0.2, 0) is 33.9 Å². The van der Waals surface area contributed by atoms with E-state index in [9.17, 15) is 14.4 Å². The van der Waals surface area contributed by atoms with Crippen LogP contribution in [0.2, 0.25) is 0 Å². The maximum atomic E-state index is 13.9. The summed E-state index contributed by atoms with van der Waals surface area (Å²) in [5.74, 6) is 0.292. The lowest BCUT2D eigenvalue weighted by molar-refractivity contribution is -0.141. The second kappa shape index (κ2) is 11.7. The summed E-state index contributed by atoms with van der Waals surface area (Å²) in [6, 6.07) is 15.6. The maximum Gasteiger partial charge on any atom is 0.333 e. The highest BCUT2D eigenvalue weighted by Gasteiger charge is 2.25. The molecule has 3 heterocycles. The Kier molecular flexibility index (Phi) is 7.88. The van der Waals surface area contributed by atoms with Crippen molar-refractivity contribution in [3.05, 3.63) is 80.8 Å². The van der Waals surface area contributed by atoms with E-state index in [4.69, 9.17) is 14.5 Å². The summed E-state index contributed by atoms with van der Waals surface area (Å²) in [5.41, 5.74) is 2.68. The quantitative estimate of drug-likeness (QED) is 0.254. The molecule has 0 aliphatic rings. The molecule has 0 amide bonds. The second-order valence-electron chi connectivity index (χ2n) is 9.72. The van der Waals surface area contributed by atoms with E-state index in [1.54, 1.807) is 0 Å². The molecular weight excluding hydrogens is 528 g/mol. The summed E-state index contributed by atoms with van der Waals surface area (Å²) in [4.78, 5) is 44.2. The van der Waals surface area contributed by atoms with Crippen molar-refractivity contribution < 1.29 is 14.3 Å². The number of fused-ring (bicyclic) bond motifs is 1. The summed E-state index contributed by atoms with van der Waals surface area (Å²) in [6.45, 7) is 4.06. The minimum atomic E-state index is -0.708. The van der Waals surface area contributed by atoms with Gasteiger partial charge in [-0.05, 0) is 21.9 Å². The lowest BCUT2D eigenvalue weighted by atomic mass is 9.95. The third kappa shape index (κ3) is 5.18. The van der Waals surface area contributed by atoms with Crippen LogP contribution in [0, 0.1) is 0 Å². The van der Waals surface area contributed by atoms with Crippen LogP contribution in [0.4, 0.5) is 0 Å². The zero-order chi connectivity index (χ0) is 29.1. The van der Waals surface area contributed by atoms with Gasteiger partial charge in [-0.25, -0.2) is 14.3 Å². The smallest absolute Gasteiger partial charge is 0.333 e. The zero-order valence-corrected chi connectivity index (χ0v) is 23.2. The van der Waals surface area contributed by atoms with Crippen molar-refractivity contribution in [2.24, 2.45) is 0 Å². The Balaban J connectivity index is 1.75. The van der Waals surface area contributed by atoms with E-state index in [1.165, 1.54) is 18.8 Å². The van der Waals surface area contributed by atoms with Crippen molar-refractivity contribution in [1.29, 1.82) is 0 Å². The lowest BCUT2D eigenvalue weighted by Crippen LogP contribution is -2.43. The lowest BCUT2D eigenvalue weighted by Gasteiger charge is -2.16. The van der Waals surface area contributed by atoms with Crippen LogP contribution in [0.1, 0.15) is 31.2 Å². The Bertz CT molecular complexity index is 1820. The summed E-state index contributed by atoms with van der Waals surface area (Å²) in [7, 11) is 2.73.